The second-order valence-electron chi connectivity index (χ2n) is 6.53. The smallest absolute Gasteiger partial charge is 0.241 e. The number of para-hydroxylation sites is 1. The Morgan fingerprint density at radius 3 is 2.76 bits per heavy atom. The van der Waals surface area contributed by atoms with E-state index in [0.29, 0.717) is 19.1 Å². The Kier molecular flexibility index (Phi) is 6.25. The normalized spacial score (nSPS) is 18.2. The van der Waals surface area contributed by atoms with Crippen LogP contribution in [0.15, 0.2) is 53.1 Å². The fraction of sp³-hybridized carbons (Fsp3) is 0.450. The van der Waals surface area contributed by atoms with E-state index in [0.717, 1.165) is 37.3 Å². The van der Waals surface area contributed by atoms with Crippen LogP contribution in [0.25, 0.3) is 0 Å². The predicted molar refractivity (Wildman–Crippen MR) is 97.3 cm³/mol. The van der Waals surface area contributed by atoms with Gasteiger partial charge in [0.1, 0.15) is 5.76 Å². The summed E-state index contributed by atoms with van der Waals surface area (Å²) in [6.07, 6.45) is 5.70. The zero-order valence-electron chi connectivity index (χ0n) is 14.5. The number of aliphatic hydroxyl groups excluding tert-OH is 1. The van der Waals surface area contributed by atoms with Crippen molar-refractivity contribution >= 4 is 11.6 Å². The Morgan fingerprint density at radius 1 is 1.20 bits per heavy atom. The van der Waals surface area contributed by atoms with E-state index in [-0.39, 0.29) is 12.5 Å². The fourth-order valence-corrected chi connectivity index (χ4v) is 3.49. The molecule has 0 spiro atoms. The average molecular weight is 342 g/mol. The Bertz CT molecular complexity index is 640. The van der Waals surface area contributed by atoms with Crippen LogP contribution >= 0.6 is 0 Å². The van der Waals surface area contributed by atoms with Gasteiger partial charge in [-0.3, -0.25) is 9.69 Å². The predicted octanol–water partition coefficient (Wildman–Crippen LogP) is 3.05. The van der Waals surface area contributed by atoms with Crippen molar-refractivity contribution in [2.24, 2.45) is 0 Å². The molecule has 5 heteroatoms. The van der Waals surface area contributed by atoms with E-state index in [9.17, 15) is 9.90 Å². The highest BCUT2D eigenvalue weighted by atomic mass is 16.3. The zero-order chi connectivity index (χ0) is 17.5. The first-order valence-corrected chi connectivity index (χ1v) is 9.00. The third kappa shape index (κ3) is 4.71. The van der Waals surface area contributed by atoms with Crippen molar-refractivity contribution < 1.29 is 14.3 Å². The lowest BCUT2D eigenvalue weighted by atomic mass is 9.99. The van der Waals surface area contributed by atoms with Gasteiger partial charge in [0.15, 0.2) is 0 Å². The molecule has 1 aromatic carbocycles. The van der Waals surface area contributed by atoms with Crippen molar-refractivity contribution in [1.29, 1.82) is 0 Å². The van der Waals surface area contributed by atoms with Crippen LogP contribution in [-0.4, -0.2) is 41.7 Å². The number of carbonyl (C=O) groups is 1. The van der Waals surface area contributed by atoms with E-state index in [2.05, 4.69) is 4.90 Å². The van der Waals surface area contributed by atoms with E-state index in [1.165, 1.54) is 6.42 Å². The minimum atomic E-state index is 0.0624. The quantitative estimate of drug-likeness (QED) is 0.840. The number of hydrogen-bond acceptors (Lipinski definition) is 4. The van der Waals surface area contributed by atoms with Crippen LogP contribution in [-0.2, 0) is 11.3 Å². The van der Waals surface area contributed by atoms with Crippen molar-refractivity contribution in [3.63, 3.8) is 0 Å². The van der Waals surface area contributed by atoms with Crippen LogP contribution in [0.4, 0.5) is 5.69 Å². The molecular formula is C20H26N2O3. The minimum absolute atomic E-state index is 0.0624. The molecular weight excluding hydrogens is 316 g/mol. The molecule has 1 aliphatic heterocycles. The molecule has 1 aliphatic rings. The molecule has 0 aliphatic carbocycles. The second-order valence-corrected chi connectivity index (χ2v) is 6.53. The number of furan rings is 1. The summed E-state index contributed by atoms with van der Waals surface area (Å²) in [5, 5.41) is 9.29. The molecule has 0 bridgehead atoms. The second kappa shape index (κ2) is 8.83. The van der Waals surface area contributed by atoms with Crippen molar-refractivity contribution in [2.45, 2.75) is 38.3 Å². The number of benzene rings is 1. The standard InChI is InChI=1S/C20H26N2O3/c23-13-11-17-7-4-5-12-21(17)16-20(24)22(15-19-10-6-14-25-19)18-8-2-1-3-9-18/h1-3,6,8-10,14,17,23H,4-5,7,11-13,15-16H2. The maximum Gasteiger partial charge on any atom is 0.241 e. The molecule has 1 saturated heterocycles. The molecule has 0 radical (unpaired) electrons. The Balaban J connectivity index is 1.74. The number of amides is 1. The number of aliphatic hydroxyl groups is 1. The zero-order valence-corrected chi connectivity index (χ0v) is 14.5. The highest BCUT2D eigenvalue weighted by Gasteiger charge is 2.26. The highest BCUT2D eigenvalue weighted by Crippen LogP contribution is 2.22. The first-order valence-electron chi connectivity index (χ1n) is 9.00. The number of piperidine rings is 1. The Hall–Kier alpha value is -2.11. The molecule has 134 valence electrons. The number of nitrogens with zero attached hydrogens (tertiary/aromatic N) is 2. The van der Waals surface area contributed by atoms with Crippen LogP contribution in [0, 0.1) is 0 Å². The van der Waals surface area contributed by atoms with Gasteiger partial charge in [-0.1, -0.05) is 24.6 Å². The summed E-state index contributed by atoms with van der Waals surface area (Å²) >= 11 is 0. The van der Waals surface area contributed by atoms with Crippen LogP contribution < -0.4 is 4.90 Å². The molecule has 1 amide bonds. The van der Waals surface area contributed by atoms with Crippen LogP contribution in [0.3, 0.4) is 0 Å². The molecule has 1 fully saturated rings. The molecule has 0 saturated carbocycles. The van der Waals surface area contributed by atoms with Crippen molar-refractivity contribution in [2.75, 3.05) is 24.6 Å². The maximum absolute atomic E-state index is 13.1. The number of rotatable bonds is 7. The summed E-state index contributed by atoms with van der Waals surface area (Å²) in [6, 6.07) is 13.7. The molecule has 1 aromatic heterocycles. The lowest BCUT2D eigenvalue weighted by molar-refractivity contribution is -0.121. The number of likely N-dealkylation sites (tertiary alicyclic amines) is 1. The Labute approximate surface area is 148 Å². The van der Waals surface area contributed by atoms with Crippen LogP contribution in [0.2, 0.25) is 0 Å². The molecule has 2 heterocycles. The van der Waals surface area contributed by atoms with Crippen molar-refractivity contribution in [1.82, 2.24) is 4.90 Å². The van der Waals surface area contributed by atoms with E-state index in [1.54, 1.807) is 11.2 Å². The summed E-state index contributed by atoms with van der Waals surface area (Å²) in [5.74, 6) is 0.829. The Morgan fingerprint density at radius 2 is 2.04 bits per heavy atom. The average Bonchev–Trinajstić information content (AvgIpc) is 3.15. The SMILES string of the molecule is O=C(CN1CCCCC1CCO)N(Cc1ccco1)c1ccccc1. The topological polar surface area (TPSA) is 56.9 Å². The van der Waals surface area contributed by atoms with Gasteiger partial charge in [-0.05, 0) is 50.1 Å². The molecule has 2 aromatic rings. The van der Waals surface area contributed by atoms with E-state index in [1.807, 2.05) is 42.5 Å². The number of hydrogen-bond donors (Lipinski definition) is 1. The third-order valence-corrected chi connectivity index (χ3v) is 4.81. The molecule has 3 rings (SSSR count). The number of carbonyl (C=O) groups excluding carboxylic acids is 1. The van der Waals surface area contributed by atoms with E-state index < -0.39 is 0 Å². The largest absolute Gasteiger partial charge is 0.467 e. The summed E-state index contributed by atoms with van der Waals surface area (Å²) in [6.45, 7) is 1.89. The van der Waals surface area contributed by atoms with Gasteiger partial charge in [0.05, 0.1) is 19.4 Å². The van der Waals surface area contributed by atoms with Gasteiger partial charge in [-0.25, -0.2) is 0 Å². The van der Waals surface area contributed by atoms with E-state index in [4.69, 9.17) is 4.42 Å². The van der Waals surface area contributed by atoms with Gasteiger partial charge >= 0.3 is 0 Å². The molecule has 1 unspecified atom stereocenters. The molecule has 5 nitrogen and oxygen atoms in total. The van der Waals surface area contributed by atoms with Crippen molar-refractivity contribution in [3.05, 3.63) is 54.5 Å². The molecule has 1 N–H and O–H groups in total. The van der Waals surface area contributed by atoms with Gasteiger partial charge < -0.3 is 14.4 Å². The lowest BCUT2D eigenvalue weighted by Gasteiger charge is -2.36. The van der Waals surface area contributed by atoms with Crippen LogP contribution in [0.1, 0.15) is 31.4 Å². The summed E-state index contributed by atoms with van der Waals surface area (Å²) in [5.41, 5.74) is 0.875. The first kappa shape index (κ1) is 17.7. The van der Waals surface area contributed by atoms with Gasteiger partial charge in [0.25, 0.3) is 0 Å². The maximum atomic E-state index is 13.1. The highest BCUT2D eigenvalue weighted by molar-refractivity contribution is 5.94. The molecule has 25 heavy (non-hydrogen) atoms. The fourth-order valence-electron chi connectivity index (χ4n) is 3.49. The molecule has 1 atom stereocenters. The monoisotopic (exact) mass is 342 g/mol. The minimum Gasteiger partial charge on any atom is -0.467 e. The van der Waals surface area contributed by atoms with Gasteiger partial charge in [-0.2, -0.15) is 0 Å². The van der Waals surface area contributed by atoms with Gasteiger partial charge in [0, 0.05) is 18.3 Å². The van der Waals surface area contributed by atoms with Crippen molar-refractivity contribution in [3.8, 4) is 0 Å². The van der Waals surface area contributed by atoms with Crippen LogP contribution in [0.5, 0.6) is 0 Å². The third-order valence-electron chi connectivity index (χ3n) is 4.81. The summed E-state index contributed by atoms with van der Waals surface area (Å²) < 4.78 is 5.44. The van der Waals surface area contributed by atoms with E-state index >= 15 is 0 Å². The number of anilines is 1. The van der Waals surface area contributed by atoms with Gasteiger partial charge in [-0.15, -0.1) is 0 Å². The van der Waals surface area contributed by atoms with Gasteiger partial charge in [0.2, 0.25) is 5.91 Å². The first-order chi connectivity index (χ1) is 12.3. The lowest BCUT2D eigenvalue weighted by Crippen LogP contribution is -2.47. The summed E-state index contributed by atoms with van der Waals surface area (Å²) in [4.78, 5) is 17.1. The summed E-state index contributed by atoms with van der Waals surface area (Å²) in [7, 11) is 0.